The standard InChI is InChI=1S/C80H96N6O6/c1-5-9-13-17-21-25-51-81-71-49-47-69-75-65(71)31-29-33-67(75)77(87)85(79(69)89)83-57-61-39-35-59(36-40-61)43-45-63-55-74(92-54-28-24-20-16-12-8-4)64(56-73(63)91-53-27-23-19-15-11-7-3)46-44-60-37-41-62(42-38-60)58-84-86-78(88)68-34-30-32-66-72(50-48-70(76(66)68)80(86)90)82-52-26-22-18-14-10-6-2/h29-50,55-58,81-82H,5-28,51-54H2,1-4H3/b45-43+,46-44+,83-57+,84-58+. The summed E-state index contributed by atoms with van der Waals surface area (Å²) in [6.07, 6.45) is 39.6. The van der Waals surface area contributed by atoms with Gasteiger partial charge in [0.2, 0.25) is 0 Å². The lowest BCUT2D eigenvalue weighted by molar-refractivity contribution is 0.0601. The lowest BCUT2D eigenvalue weighted by atomic mass is 9.93. The van der Waals surface area contributed by atoms with Gasteiger partial charge in [-0.25, -0.2) is 0 Å². The van der Waals surface area contributed by atoms with Gasteiger partial charge in [-0.1, -0.05) is 253 Å². The lowest BCUT2D eigenvalue weighted by Crippen LogP contribution is -2.36. The molecule has 2 aliphatic rings. The highest BCUT2D eigenvalue weighted by Gasteiger charge is 2.35. The van der Waals surface area contributed by atoms with Gasteiger partial charge in [0, 0.05) is 57.1 Å². The van der Waals surface area contributed by atoms with Crippen molar-refractivity contribution in [2.45, 2.75) is 182 Å². The zero-order valence-corrected chi connectivity index (χ0v) is 55.0. The van der Waals surface area contributed by atoms with Crippen LogP contribution in [0.4, 0.5) is 11.4 Å². The summed E-state index contributed by atoms with van der Waals surface area (Å²) >= 11 is 0. The minimum atomic E-state index is -0.446. The topological polar surface area (TPSA) is 142 Å². The molecule has 0 atom stereocenters. The first-order chi connectivity index (χ1) is 45.2. The van der Waals surface area contributed by atoms with Crippen LogP contribution in [0.3, 0.4) is 0 Å². The van der Waals surface area contributed by atoms with E-state index in [0.29, 0.717) is 46.2 Å². The molecule has 92 heavy (non-hydrogen) atoms. The maximum absolute atomic E-state index is 13.9. The Morgan fingerprint density at radius 2 is 0.685 bits per heavy atom. The van der Waals surface area contributed by atoms with E-state index in [2.05, 4.69) is 85.0 Å². The number of unbranched alkanes of at least 4 members (excludes halogenated alkanes) is 20. The fourth-order valence-corrected chi connectivity index (χ4v) is 12.2. The molecular formula is C80H96N6O6. The average molecular weight is 1240 g/mol. The average Bonchev–Trinajstić information content (AvgIpc) is 0.758. The molecule has 0 radical (unpaired) electrons. The number of hydrogen-bond acceptors (Lipinski definition) is 10. The van der Waals surface area contributed by atoms with Crippen molar-refractivity contribution in [1.29, 1.82) is 0 Å². The van der Waals surface area contributed by atoms with Gasteiger partial charge >= 0.3 is 0 Å². The van der Waals surface area contributed by atoms with Crippen LogP contribution < -0.4 is 20.1 Å². The lowest BCUT2D eigenvalue weighted by Gasteiger charge is -2.24. The Balaban J connectivity index is 0.890. The monoisotopic (exact) mass is 1240 g/mol. The van der Waals surface area contributed by atoms with E-state index in [4.69, 9.17) is 9.47 Å². The summed E-state index contributed by atoms with van der Waals surface area (Å²) in [5.41, 5.74) is 8.85. The molecule has 0 aromatic heterocycles. The largest absolute Gasteiger partial charge is 0.493 e. The third kappa shape index (κ3) is 18.3. The van der Waals surface area contributed by atoms with Crippen LogP contribution in [-0.2, 0) is 0 Å². The molecule has 0 unspecified atom stereocenters. The van der Waals surface area contributed by atoms with E-state index in [1.807, 2.05) is 97.1 Å². The minimum absolute atomic E-state index is 0.446. The van der Waals surface area contributed by atoms with E-state index < -0.39 is 23.6 Å². The molecule has 0 bridgehead atoms. The quantitative estimate of drug-likeness (QED) is 0.0167. The SMILES string of the molecule is CCCCCCCCNc1ccc2c3c(cccc13)C(=O)N(/N=C/c1ccc(/C=C/c3cc(OCCCCCCCC)c(/C=C/c4ccc(/C=N/N5C(=O)c6cccc7c(NCCCCCCCC)ccc(c67)C5=O)cc4)cc3OCCCCCCCC)cc1)C2=O. The number of anilines is 2. The van der Waals surface area contributed by atoms with Crippen molar-refractivity contribution < 1.29 is 28.7 Å². The van der Waals surface area contributed by atoms with Gasteiger partial charge in [0.15, 0.2) is 0 Å². The van der Waals surface area contributed by atoms with E-state index >= 15 is 0 Å². The second kappa shape index (κ2) is 35.8. The van der Waals surface area contributed by atoms with Crippen LogP contribution in [0.25, 0.3) is 45.8 Å². The maximum atomic E-state index is 13.9. The van der Waals surface area contributed by atoms with Crippen molar-refractivity contribution in [2.24, 2.45) is 10.2 Å². The van der Waals surface area contributed by atoms with Crippen LogP contribution in [0, 0.1) is 0 Å². The van der Waals surface area contributed by atoms with E-state index in [1.165, 1.54) is 116 Å². The van der Waals surface area contributed by atoms with Crippen LogP contribution in [0.1, 0.15) is 257 Å². The van der Waals surface area contributed by atoms with Crippen LogP contribution in [0.15, 0.2) is 132 Å². The second-order valence-corrected chi connectivity index (χ2v) is 24.7. The highest BCUT2D eigenvalue weighted by atomic mass is 16.5. The van der Waals surface area contributed by atoms with Crippen LogP contribution in [-0.4, -0.2) is 72.4 Å². The molecule has 0 saturated heterocycles. The zero-order chi connectivity index (χ0) is 64.3. The molecule has 0 spiro atoms. The molecule has 2 heterocycles. The maximum Gasteiger partial charge on any atom is 0.282 e. The molecule has 0 aliphatic carbocycles. The smallest absolute Gasteiger partial charge is 0.282 e. The Kier molecular flexibility index (Phi) is 26.4. The molecular weight excluding hydrogens is 1140 g/mol. The number of amides is 4. The third-order valence-corrected chi connectivity index (χ3v) is 17.5. The molecule has 2 aliphatic heterocycles. The second-order valence-electron chi connectivity index (χ2n) is 24.7. The molecule has 0 fully saturated rings. The van der Waals surface area contributed by atoms with Crippen LogP contribution >= 0.6 is 0 Å². The summed E-state index contributed by atoms with van der Waals surface area (Å²) in [5.74, 6) is -0.270. The normalized spacial score (nSPS) is 13.2. The Labute approximate surface area is 546 Å². The molecule has 7 aromatic rings. The van der Waals surface area contributed by atoms with Crippen molar-refractivity contribution in [3.8, 4) is 11.5 Å². The van der Waals surface area contributed by atoms with E-state index in [9.17, 15) is 19.2 Å². The van der Waals surface area contributed by atoms with Gasteiger partial charge in [0.1, 0.15) is 11.5 Å². The predicted molar refractivity (Wildman–Crippen MR) is 383 cm³/mol. The number of rotatable bonds is 40. The molecule has 0 saturated carbocycles. The Hall–Kier alpha value is -8.64. The van der Waals surface area contributed by atoms with Gasteiger partial charge in [-0.15, -0.1) is 0 Å². The first kappa shape index (κ1) is 67.7. The molecule has 482 valence electrons. The summed E-state index contributed by atoms with van der Waals surface area (Å²) in [7, 11) is 0. The van der Waals surface area contributed by atoms with Gasteiger partial charge in [0.25, 0.3) is 23.6 Å². The first-order valence-corrected chi connectivity index (χ1v) is 34.7. The van der Waals surface area contributed by atoms with Gasteiger partial charge < -0.3 is 20.1 Å². The van der Waals surface area contributed by atoms with Crippen molar-refractivity contribution >= 4 is 93.3 Å². The number of nitrogens with one attached hydrogen (secondary N) is 2. The summed E-state index contributed by atoms with van der Waals surface area (Å²) < 4.78 is 13.3. The summed E-state index contributed by atoms with van der Waals surface area (Å²) in [6.45, 7) is 11.8. The van der Waals surface area contributed by atoms with Gasteiger partial charge in [-0.05, 0) is 96.5 Å². The van der Waals surface area contributed by atoms with Gasteiger partial charge in [-0.3, -0.25) is 19.2 Å². The summed E-state index contributed by atoms with van der Waals surface area (Å²) in [5, 5.41) is 21.1. The van der Waals surface area contributed by atoms with Gasteiger partial charge in [0.05, 0.1) is 47.9 Å². The van der Waals surface area contributed by atoms with Crippen LogP contribution in [0.5, 0.6) is 11.5 Å². The molecule has 9 rings (SSSR count). The highest BCUT2D eigenvalue weighted by Crippen LogP contribution is 2.38. The summed E-state index contributed by atoms with van der Waals surface area (Å²) in [6, 6.07) is 38.6. The fourth-order valence-electron chi connectivity index (χ4n) is 12.2. The molecule has 7 aromatic carbocycles. The number of carbonyl (C=O) groups is 4. The molecule has 12 heteroatoms. The van der Waals surface area contributed by atoms with E-state index in [1.54, 1.807) is 24.6 Å². The number of hydrogen-bond donors (Lipinski definition) is 2. The predicted octanol–water partition coefficient (Wildman–Crippen LogP) is 20.6. The number of nitrogens with zero attached hydrogens (tertiary/aromatic N) is 4. The van der Waals surface area contributed by atoms with Crippen molar-refractivity contribution in [1.82, 2.24) is 10.0 Å². The molecule has 12 nitrogen and oxygen atoms in total. The zero-order valence-electron chi connectivity index (χ0n) is 55.0. The van der Waals surface area contributed by atoms with Crippen molar-refractivity contribution in [3.63, 3.8) is 0 Å². The van der Waals surface area contributed by atoms with Crippen LogP contribution in [0.2, 0.25) is 0 Å². The molecule has 2 N–H and O–H groups in total. The van der Waals surface area contributed by atoms with E-state index in [0.717, 1.165) is 129 Å². The number of imide groups is 2. The van der Waals surface area contributed by atoms with Gasteiger partial charge in [-0.2, -0.15) is 20.2 Å². The number of benzene rings is 7. The minimum Gasteiger partial charge on any atom is -0.493 e. The van der Waals surface area contributed by atoms with E-state index in [-0.39, 0.29) is 0 Å². The Bertz CT molecular complexity index is 3430. The number of hydrazone groups is 2. The fraction of sp³-hybridized carbons (Fsp3) is 0.400. The van der Waals surface area contributed by atoms with Crippen molar-refractivity contribution in [2.75, 3.05) is 36.9 Å². The number of carbonyl (C=O) groups excluding carboxylic acids is 4. The third-order valence-electron chi connectivity index (χ3n) is 17.5. The van der Waals surface area contributed by atoms with Crippen molar-refractivity contribution in [3.05, 3.63) is 177 Å². The Morgan fingerprint density at radius 1 is 0.359 bits per heavy atom. The highest BCUT2D eigenvalue weighted by molar-refractivity contribution is 6.28. The Morgan fingerprint density at radius 3 is 1.05 bits per heavy atom. The summed E-state index contributed by atoms with van der Waals surface area (Å²) in [4.78, 5) is 55.7. The number of ether oxygens (including phenoxy) is 2. The first-order valence-electron chi connectivity index (χ1n) is 34.7. The molecule has 4 amide bonds.